The Labute approximate surface area is 144 Å². The average molecular weight is 343 g/mol. The van der Waals surface area contributed by atoms with Gasteiger partial charge in [0.2, 0.25) is 0 Å². The minimum atomic E-state index is -0.283. The number of likely N-dealkylation sites (tertiary alicyclic amines) is 1. The molecule has 1 aliphatic rings. The van der Waals surface area contributed by atoms with Gasteiger partial charge in [0.15, 0.2) is 0 Å². The van der Waals surface area contributed by atoms with Crippen molar-refractivity contribution < 1.29 is 5.11 Å². The Morgan fingerprint density at radius 2 is 2.21 bits per heavy atom. The summed E-state index contributed by atoms with van der Waals surface area (Å²) in [7, 11) is 0. The maximum atomic E-state index is 10.4. The molecule has 126 valence electrons. The Kier molecular flexibility index (Phi) is 4.22. The van der Waals surface area contributed by atoms with Gasteiger partial charge in [-0.05, 0) is 37.6 Å². The fraction of sp³-hybridized carbons (Fsp3) is 0.412. The van der Waals surface area contributed by atoms with Crippen molar-refractivity contribution in [1.82, 2.24) is 25.3 Å². The van der Waals surface area contributed by atoms with Crippen LogP contribution in [0.4, 0.5) is 0 Å². The molecule has 0 spiro atoms. The number of nitrogens with zero attached hydrogens (tertiary/aromatic N) is 3. The second-order valence-corrected chi connectivity index (χ2v) is 7.67. The third-order valence-electron chi connectivity index (χ3n) is 4.52. The zero-order valence-corrected chi connectivity index (χ0v) is 14.4. The molecule has 0 aliphatic carbocycles. The zero-order valence-electron chi connectivity index (χ0n) is 13.6. The van der Waals surface area contributed by atoms with E-state index in [0.717, 1.165) is 43.1 Å². The van der Waals surface area contributed by atoms with Gasteiger partial charge < -0.3 is 5.11 Å². The largest absolute Gasteiger partial charge is 0.391 e. The minimum absolute atomic E-state index is 0.250. The van der Waals surface area contributed by atoms with Gasteiger partial charge in [0, 0.05) is 42.3 Å². The minimum Gasteiger partial charge on any atom is -0.391 e. The van der Waals surface area contributed by atoms with Crippen LogP contribution in [0, 0.1) is 12.8 Å². The van der Waals surface area contributed by atoms with E-state index in [1.165, 1.54) is 9.75 Å². The second kappa shape index (κ2) is 6.51. The molecule has 7 heteroatoms. The van der Waals surface area contributed by atoms with E-state index >= 15 is 0 Å². The van der Waals surface area contributed by atoms with Gasteiger partial charge in [-0.3, -0.25) is 15.1 Å². The molecule has 3 aromatic heterocycles. The number of aromatic amines is 2. The molecule has 2 unspecified atom stereocenters. The van der Waals surface area contributed by atoms with Gasteiger partial charge in [-0.15, -0.1) is 11.3 Å². The van der Waals surface area contributed by atoms with Crippen LogP contribution in [0.25, 0.3) is 10.6 Å². The average Bonchev–Trinajstić information content (AvgIpc) is 3.29. The number of β-amino-alcohol motifs (C(OH)–C–C–N with tert-alkyl or cyclic N) is 1. The summed E-state index contributed by atoms with van der Waals surface area (Å²) in [4.78, 5) is 4.84. The SMILES string of the molecule is Cc1cc(CC2CN(Cc3ccc(-c4ccn[nH]4)s3)CC2O)n[nH]1. The molecule has 3 N–H and O–H groups in total. The highest BCUT2D eigenvalue weighted by Crippen LogP contribution is 2.29. The highest BCUT2D eigenvalue weighted by molar-refractivity contribution is 7.15. The summed E-state index contributed by atoms with van der Waals surface area (Å²) < 4.78 is 0. The number of aromatic nitrogens is 4. The van der Waals surface area contributed by atoms with Crippen molar-refractivity contribution in [2.24, 2.45) is 5.92 Å². The number of aliphatic hydroxyl groups is 1. The molecule has 2 atom stereocenters. The lowest BCUT2D eigenvalue weighted by Crippen LogP contribution is -2.20. The van der Waals surface area contributed by atoms with E-state index in [1.54, 1.807) is 17.5 Å². The third kappa shape index (κ3) is 3.28. The molecule has 1 aliphatic heterocycles. The van der Waals surface area contributed by atoms with Crippen molar-refractivity contribution in [3.63, 3.8) is 0 Å². The van der Waals surface area contributed by atoms with Gasteiger partial charge in [0.05, 0.1) is 22.4 Å². The topological polar surface area (TPSA) is 80.8 Å². The predicted octanol–water partition coefficient (Wildman–Crippen LogP) is 2.21. The summed E-state index contributed by atoms with van der Waals surface area (Å²) in [6, 6.07) is 8.34. The van der Waals surface area contributed by atoms with Crippen LogP contribution >= 0.6 is 11.3 Å². The van der Waals surface area contributed by atoms with Crippen LogP contribution in [0.3, 0.4) is 0 Å². The van der Waals surface area contributed by atoms with Crippen LogP contribution in [0.5, 0.6) is 0 Å². The predicted molar refractivity (Wildman–Crippen MR) is 93.7 cm³/mol. The summed E-state index contributed by atoms with van der Waals surface area (Å²) in [5.41, 5.74) is 3.16. The summed E-state index contributed by atoms with van der Waals surface area (Å²) in [5.74, 6) is 0.250. The normalized spacial score (nSPS) is 21.6. The van der Waals surface area contributed by atoms with Gasteiger partial charge >= 0.3 is 0 Å². The van der Waals surface area contributed by atoms with Crippen molar-refractivity contribution in [3.05, 3.63) is 46.7 Å². The van der Waals surface area contributed by atoms with E-state index in [4.69, 9.17) is 0 Å². The highest BCUT2D eigenvalue weighted by Gasteiger charge is 2.31. The van der Waals surface area contributed by atoms with Crippen LogP contribution in [0.2, 0.25) is 0 Å². The van der Waals surface area contributed by atoms with E-state index in [-0.39, 0.29) is 12.0 Å². The number of nitrogens with one attached hydrogen (secondary N) is 2. The Balaban J connectivity index is 1.37. The van der Waals surface area contributed by atoms with Crippen molar-refractivity contribution in [3.8, 4) is 10.6 Å². The zero-order chi connectivity index (χ0) is 16.5. The smallest absolute Gasteiger partial charge is 0.0749 e. The summed E-state index contributed by atoms with van der Waals surface area (Å²) in [6.45, 7) is 4.52. The van der Waals surface area contributed by atoms with Crippen LogP contribution in [-0.2, 0) is 13.0 Å². The Morgan fingerprint density at radius 3 is 2.96 bits per heavy atom. The number of aliphatic hydroxyl groups excluding tert-OH is 1. The maximum absolute atomic E-state index is 10.4. The van der Waals surface area contributed by atoms with Crippen LogP contribution in [-0.4, -0.2) is 49.6 Å². The maximum Gasteiger partial charge on any atom is 0.0749 e. The molecule has 6 nitrogen and oxygen atoms in total. The molecule has 3 aromatic rings. The number of rotatable bonds is 5. The van der Waals surface area contributed by atoms with E-state index in [2.05, 4.69) is 43.5 Å². The molecule has 0 aromatic carbocycles. The van der Waals surface area contributed by atoms with Crippen molar-refractivity contribution >= 4 is 11.3 Å². The number of H-pyrrole nitrogens is 2. The quantitative estimate of drug-likeness (QED) is 0.663. The highest BCUT2D eigenvalue weighted by atomic mass is 32.1. The molecule has 0 amide bonds. The Hall–Kier alpha value is -1.96. The molecular formula is C17H21N5OS. The van der Waals surface area contributed by atoms with Crippen LogP contribution in [0.1, 0.15) is 16.3 Å². The summed E-state index contributed by atoms with van der Waals surface area (Å²) >= 11 is 1.78. The van der Waals surface area contributed by atoms with Crippen molar-refractivity contribution in [2.45, 2.75) is 26.0 Å². The molecule has 1 fully saturated rings. The molecule has 0 bridgehead atoms. The standard InChI is InChI=1S/C17H21N5OS/c1-11-6-13(20-19-11)7-12-8-22(10-16(12)23)9-14-2-3-17(24-14)15-4-5-18-21-15/h2-6,12,16,23H,7-10H2,1H3,(H,18,21)(H,19,20). The van der Waals surface area contributed by atoms with E-state index < -0.39 is 0 Å². The third-order valence-corrected chi connectivity index (χ3v) is 5.62. The van der Waals surface area contributed by atoms with Crippen molar-refractivity contribution in [2.75, 3.05) is 13.1 Å². The molecule has 24 heavy (non-hydrogen) atoms. The fourth-order valence-corrected chi connectivity index (χ4v) is 4.37. The summed E-state index contributed by atoms with van der Waals surface area (Å²) in [6.07, 6.45) is 2.31. The lowest BCUT2D eigenvalue weighted by atomic mass is 10.0. The molecule has 0 radical (unpaired) electrons. The van der Waals surface area contributed by atoms with Gasteiger partial charge in [-0.2, -0.15) is 10.2 Å². The first-order chi connectivity index (χ1) is 11.7. The first kappa shape index (κ1) is 15.6. The number of hydrogen-bond donors (Lipinski definition) is 3. The molecule has 1 saturated heterocycles. The molecule has 0 saturated carbocycles. The molecule has 4 heterocycles. The number of thiophene rings is 1. The van der Waals surface area contributed by atoms with Crippen LogP contribution in [0.15, 0.2) is 30.5 Å². The van der Waals surface area contributed by atoms with Gasteiger partial charge in [-0.25, -0.2) is 0 Å². The van der Waals surface area contributed by atoms with E-state index in [1.807, 2.05) is 13.0 Å². The summed E-state index contributed by atoms with van der Waals surface area (Å²) in [5, 5.41) is 24.6. The van der Waals surface area contributed by atoms with Gasteiger partial charge in [0.1, 0.15) is 0 Å². The second-order valence-electron chi connectivity index (χ2n) is 6.50. The Bertz CT molecular complexity index is 794. The first-order valence-corrected chi connectivity index (χ1v) is 8.99. The molecule has 4 rings (SSSR count). The van der Waals surface area contributed by atoms with E-state index in [9.17, 15) is 5.11 Å². The lowest BCUT2D eigenvalue weighted by molar-refractivity contribution is 0.140. The lowest BCUT2D eigenvalue weighted by Gasteiger charge is -2.13. The number of aryl methyl sites for hydroxylation is 1. The number of hydrogen-bond acceptors (Lipinski definition) is 5. The first-order valence-electron chi connectivity index (χ1n) is 8.17. The van der Waals surface area contributed by atoms with E-state index in [0.29, 0.717) is 0 Å². The van der Waals surface area contributed by atoms with Crippen LogP contribution < -0.4 is 0 Å². The fourth-order valence-electron chi connectivity index (χ4n) is 3.34. The van der Waals surface area contributed by atoms with Gasteiger partial charge in [0.25, 0.3) is 0 Å². The Morgan fingerprint density at radius 1 is 1.29 bits per heavy atom. The monoisotopic (exact) mass is 343 g/mol. The molecular weight excluding hydrogens is 322 g/mol. The van der Waals surface area contributed by atoms with Crippen molar-refractivity contribution in [1.29, 1.82) is 0 Å². The van der Waals surface area contributed by atoms with Gasteiger partial charge in [-0.1, -0.05) is 0 Å².